The molecule has 1 fully saturated rings. The van der Waals surface area contributed by atoms with Crippen LogP contribution in [-0.4, -0.2) is 17.0 Å². The van der Waals surface area contributed by atoms with Gasteiger partial charge in [-0.2, -0.15) is 0 Å². The fourth-order valence-corrected chi connectivity index (χ4v) is 2.49. The van der Waals surface area contributed by atoms with Gasteiger partial charge in [-0.05, 0) is 45.7 Å². The molecule has 1 aliphatic heterocycles. The molecule has 0 bridgehead atoms. The summed E-state index contributed by atoms with van der Waals surface area (Å²) in [6.45, 7) is 8.12. The summed E-state index contributed by atoms with van der Waals surface area (Å²) in [7, 11) is 0. The molecule has 0 saturated carbocycles. The highest BCUT2D eigenvalue weighted by Gasteiger charge is 2.49. The molecular weight excluding hydrogens is 312 g/mol. The predicted molar refractivity (Wildman–Crippen MR) is 97.2 cm³/mol. The molecule has 0 radical (unpaired) electrons. The maximum atomic E-state index is 12.0. The molecule has 0 atom stereocenters. The molecule has 25 heavy (non-hydrogen) atoms. The van der Waals surface area contributed by atoms with Crippen molar-refractivity contribution in [1.82, 2.24) is 0 Å². The lowest BCUT2D eigenvalue weighted by Gasteiger charge is -2.30. The van der Waals surface area contributed by atoms with Gasteiger partial charge in [0.1, 0.15) is 0 Å². The summed E-state index contributed by atoms with van der Waals surface area (Å²) in [6, 6.07) is 16.7. The number of Topliss-reactive ketones (excluding diaryl/α,β-unsaturated/α-hetero) is 1. The zero-order valence-electron chi connectivity index (χ0n) is 15.0. The summed E-state index contributed by atoms with van der Waals surface area (Å²) >= 11 is 0. The summed E-state index contributed by atoms with van der Waals surface area (Å²) in [5, 5.41) is 0. The van der Waals surface area contributed by atoms with E-state index >= 15 is 0 Å². The molecule has 0 aliphatic carbocycles. The molecule has 0 aromatic heterocycles. The van der Waals surface area contributed by atoms with Crippen LogP contribution in [0.25, 0.3) is 0 Å². The van der Waals surface area contributed by atoms with Gasteiger partial charge in [-0.25, -0.2) is 0 Å². The van der Waals surface area contributed by atoms with Gasteiger partial charge in [0, 0.05) is 16.7 Å². The normalized spacial score (nSPS) is 18.4. The van der Waals surface area contributed by atoms with Gasteiger partial charge in [0.15, 0.2) is 6.29 Å². The molecule has 0 spiro atoms. The van der Waals surface area contributed by atoms with Crippen LogP contribution in [0.2, 0.25) is 0 Å². The van der Waals surface area contributed by atoms with Gasteiger partial charge >= 0.3 is 0 Å². The summed E-state index contributed by atoms with van der Waals surface area (Å²) < 4.78 is 12.1. The van der Waals surface area contributed by atoms with E-state index in [2.05, 4.69) is 11.8 Å². The monoisotopic (exact) mass is 334 g/mol. The SMILES string of the molecule is CC1(C)OC(c2ccc(C#CC(=O)c3ccccc3)cc2)OC1(C)C. The molecule has 1 saturated heterocycles. The third-order valence-corrected chi connectivity index (χ3v) is 4.79. The Kier molecular flexibility index (Phi) is 4.51. The lowest BCUT2D eigenvalue weighted by Crippen LogP contribution is -2.41. The van der Waals surface area contributed by atoms with Crippen LogP contribution in [0.15, 0.2) is 54.6 Å². The summed E-state index contributed by atoms with van der Waals surface area (Å²) in [4.78, 5) is 12.0. The van der Waals surface area contributed by atoms with Crippen LogP contribution in [0.4, 0.5) is 0 Å². The largest absolute Gasteiger partial charge is 0.339 e. The second kappa shape index (κ2) is 6.48. The van der Waals surface area contributed by atoms with Crippen molar-refractivity contribution in [3.8, 4) is 11.8 Å². The standard InChI is InChI=1S/C22H22O3/c1-21(2)22(3,4)25-20(24-21)18-13-10-16(11-14-18)12-15-19(23)17-8-6-5-7-9-17/h5-11,13-14,20H,1-4H3. The number of ketones is 1. The smallest absolute Gasteiger partial charge is 0.236 e. The highest BCUT2D eigenvalue weighted by Crippen LogP contribution is 2.44. The van der Waals surface area contributed by atoms with Crippen molar-refractivity contribution in [2.45, 2.75) is 45.2 Å². The molecular formula is C22H22O3. The molecule has 0 N–H and O–H groups in total. The van der Waals surface area contributed by atoms with Crippen molar-refractivity contribution in [2.75, 3.05) is 0 Å². The van der Waals surface area contributed by atoms with Crippen molar-refractivity contribution >= 4 is 5.78 Å². The first-order chi connectivity index (χ1) is 11.8. The molecule has 0 unspecified atom stereocenters. The van der Waals surface area contributed by atoms with Crippen LogP contribution in [0.3, 0.4) is 0 Å². The summed E-state index contributed by atoms with van der Waals surface area (Å²) in [5.74, 6) is 5.41. The minimum absolute atomic E-state index is 0.185. The van der Waals surface area contributed by atoms with Crippen LogP contribution >= 0.6 is 0 Å². The van der Waals surface area contributed by atoms with E-state index in [4.69, 9.17) is 9.47 Å². The lowest BCUT2D eigenvalue weighted by atomic mass is 9.90. The van der Waals surface area contributed by atoms with Gasteiger partial charge in [0.25, 0.3) is 0 Å². The molecule has 2 aromatic carbocycles. The van der Waals surface area contributed by atoms with Crippen molar-refractivity contribution in [3.05, 3.63) is 71.3 Å². The number of carbonyl (C=O) groups excluding carboxylic acids is 1. The Morgan fingerprint density at radius 1 is 0.880 bits per heavy atom. The number of carbonyl (C=O) groups is 1. The average Bonchev–Trinajstić information content (AvgIpc) is 2.82. The van der Waals surface area contributed by atoms with E-state index in [1.165, 1.54) is 0 Å². The Labute approximate surface area is 149 Å². The van der Waals surface area contributed by atoms with E-state index < -0.39 is 6.29 Å². The van der Waals surface area contributed by atoms with E-state index in [0.29, 0.717) is 5.56 Å². The number of hydrogen-bond donors (Lipinski definition) is 0. The van der Waals surface area contributed by atoms with E-state index in [1.54, 1.807) is 12.1 Å². The summed E-state index contributed by atoms with van der Waals surface area (Å²) in [6.07, 6.45) is -0.391. The predicted octanol–water partition coefficient (Wildman–Crippen LogP) is 4.52. The molecule has 0 amide bonds. The molecule has 3 rings (SSSR count). The number of hydrogen-bond acceptors (Lipinski definition) is 3. The Morgan fingerprint density at radius 2 is 1.44 bits per heavy atom. The third-order valence-electron chi connectivity index (χ3n) is 4.79. The second-order valence-electron chi connectivity index (χ2n) is 7.16. The van der Waals surface area contributed by atoms with E-state index in [1.807, 2.05) is 70.2 Å². The van der Waals surface area contributed by atoms with Gasteiger partial charge in [-0.3, -0.25) is 4.79 Å². The van der Waals surface area contributed by atoms with Crippen LogP contribution in [0, 0.1) is 11.8 Å². The van der Waals surface area contributed by atoms with E-state index in [-0.39, 0.29) is 17.0 Å². The number of ether oxygens (including phenoxy) is 2. The maximum absolute atomic E-state index is 12.0. The zero-order valence-corrected chi connectivity index (χ0v) is 15.0. The van der Waals surface area contributed by atoms with E-state index in [0.717, 1.165) is 11.1 Å². The Hall–Kier alpha value is -2.41. The maximum Gasteiger partial charge on any atom is 0.236 e. The van der Waals surface area contributed by atoms with Crippen LogP contribution in [0.5, 0.6) is 0 Å². The van der Waals surface area contributed by atoms with Crippen LogP contribution in [0.1, 0.15) is 55.5 Å². The highest BCUT2D eigenvalue weighted by atomic mass is 16.7. The zero-order chi connectivity index (χ0) is 18.1. The first-order valence-corrected chi connectivity index (χ1v) is 8.35. The fourth-order valence-electron chi connectivity index (χ4n) is 2.49. The average molecular weight is 334 g/mol. The molecule has 3 nitrogen and oxygen atoms in total. The van der Waals surface area contributed by atoms with Crippen molar-refractivity contribution in [3.63, 3.8) is 0 Å². The van der Waals surface area contributed by atoms with Gasteiger partial charge in [-0.1, -0.05) is 48.4 Å². The van der Waals surface area contributed by atoms with Crippen LogP contribution < -0.4 is 0 Å². The minimum Gasteiger partial charge on any atom is -0.339 e. The van der Waals surface area contributed by atoms with Gasteiger partial charge < -0.3 is 9.47 Å². The second-order valence-corrected chi connectivity index (χ2v) is 7.16. The molecule has 1 heterocycles. The fraction of sp³-hybridized carbons (Fsp3) is 0.318. The first-order valence-electron chi connectivity index (χ1n) is 8.35. The van der Waals surface area contributed by atoms with Gasteiger partial charge in [0.2, 0.25) is 5.78 Å². The highest BCUT2D eigenvalue weighted by molar-refractivity contribution is 6.09. The lowest BCUT2D eigenvalue weighted by molar-refractivity contribution is -0.0895. The van der Waals surface area contributed by atoms with Crippen molar-refractivity contribution in [2.24, 2.45) is 0 Å². The molecule has 1 aliphatic rings. The van der Waals surface area contributed by atoms with Crippen molar-refractivity contribution < 1.29 is 14.3 Å². The first kappa shape index (κ1) is 17.4. The topological polar surface area (TPSA) is 35.5 Å². The van der Waals surface area contributed by atoms with Gasteiger partial charge in [-0.15, -0.1) is 0 Å². The Morgan fingerprint density at radius 3 is 2.00 bits per heavy atom. The Balaban J connectivity index is 1.72. The van der Waals surface area contributed by atoms with Crippen LogP contribution in [-0.2, 0) is 9.47 Å². The van der Waals surface area contributed by atoms with E-state index in [9.17, 15) is 4.79 Å². The third kappa shape index (κ3) is 3.66. The van der Waals surface area contributed by atoms with Gasteiger partial charge in [0.05, 0.1) is 11.2 Å². The number of rotatable bonds is 2. The quantitative estimate of drug-likeness (QED) is 0.598. The number of benzene rings is 2. The van der Waals surface area contributed by atoms with Crippen molar-refractivity contribution in [1.29, 1.82) is 0 Å². The molecule has 3 heteroatoms. The molecule has 128 valence electrons. The Bertz CT molecular complexity index is 805. The molecule has 2 aromatic rings. The summed E-state index contributed by atoms with van der Waals surface area (Å²) in [5.41, 5.74) is 1.60. The minimum atomic E-state index is -0.391.